The summed E-state index contributed by atoms with van der Waals surface area (Å²) in [5.74, 6) is 0.148. The molecular formula is C33H34LiNO5S. The molecule has 0 aromatic heterocycles. The third-order valence-corrected chi connectivity index (χ3v) is 7.50. The summed E-state index contributed by atoms with van der Waals surface area (Å²) >= 11 is 0. The summed E-state index contributed by atoms with van der Waals surface area (Å²) in [5.41, 5.74) is 5.17. The van der Waals surface area contributed by atoms with E-state index in [1.54, 1.807) is 6.07 Å². The topological polar surface area (TPSA) is 92.7 Å². The number of amides is 1. The van der Waals surface area contributed by atoms with Crippen LogP contribution in [-0.2, 0) is 28.4 Å². The molecule has 6 nitrogen and oxygen atoms in total. The number of carbonyl (C=O) groups is 2. The summed E-state index contributed by atoms with van der Waals surface area (Å²) < 4.78 is 17.6. The fraction of sp³-hybridized carbons (Fsp3) is 0.212. The molecule has 41 heavy (non-hydrogen) atoms. The number of benzene rings is 4. The fourth-order valence-corrected chi connectivity index (χ4v) is 5.09. The maximum absolute atomic E-state index is 13.4. The second-order valence-corrected chi connectivity index (χ2v) is 11.2. The Hall–Kier alpha value is -3.63. The van der Waals surface area contributed by atoms with Crippen molar-refractivity contribution in [1.29, 1.82) is 0 Å². The molecule has 4 aromatic rings. The number of carbonyl (C=O) groups excluding carboxylic acids is 1. The number of aryl methyl sites for hydroxylation is 3. The van der Waals surface area contributed by atoms with Gasteiger partial charge in [-0.05, 0) is 78.3 Å². The van der Waals surface area contributed by atoms with E-state index in [-0.39, 0.29) is 32.5 Å². The minimum absolute atomic E-state index is 0. The average Bonchev–Trinajstić information content (AvgIpc) is 2.95. The second-order valence-electron chi connectivity index (χ2n) is 9.65. The van der Waals surface area contributed by atoms with Crippen molar-refractivity contribution in [3.8, 4) is 22.6 Å². The first kappa shape index (κ1) is 31.9. The van der Waals surface area contributed by atoms with Gasteiger partial charge < -0.3 is 16.6 Å². The van der Waals surface area contributed by atoms with Crippen LogP contribution in [0, 0.1) is 6.92 Å². The van der Waals surface area contributed by atoms with Crippen LogP contribution in [0.2, 0.25) is 0 Å². The molecule has 1 amide bonds. The van der Waals surface area contributed by atoms with E-state index in [1.807, 2.05) is 91.9 Å². The Labute approximate surface area is 257 Å². The molecule has 0 spiro atoms. The molecule has 0 saturated carbocycles. The Morgan fingerprint density at radius 1 is 0.902 bits per heavy atom. The van der Waals surface area contributed by atoms with Crippen molar-refractivity contribution in [3.05, 3.63) is 119 Å². The molecule has 2 N–H and O–H groups in total. The molecule has 4 rings (SSSR count). The number of aliphatic carboxylic acids is 1. The Morgan fingerprint density at radius 2 is 1.59 bits per heavy atom. The Morgan fingerprint density at radius 3 is 2.29 bits per heavy atom. The van der Waals surface area contributed by atoms with Crippen LogP contribution in [0.5, 0.6) is 11.5 Å². The average molecular weight is 564 g/mol. The fourth-order valence-electron chi connectivity index (χ4n) is 4.52. The van der Waals surface area contributed by atoms with Gasteiger partial charge in [-0.25, -0.2) is 4.79 Å². The number of rotatable bonds is 12. The Bertz CT molecular complexity index is 1520. The summed E-state index contributed by atoms with van der Waals surface area (Å²) in [6.45, 7) is 1.98. The second kappa shape index (κ2) is 15.4. The van der Waals surface area contributed by atoms with E-state index in [9.17, 15) is 18.9 Å². The van der Waals surface area contributed by atoms with Crippen molar-refractivity contribution in [1.82, 2.24) is 5.32 Å². The number of ether oxygens (including phenoxy) is 1. The van der Waals surface area contributed by atoms with Crippen LogP contribution in [-0.4, -0.2) is 39.2 Å². The molecule has 0 saturated heterocycles. The third-order valence-electron chi connectivity index (χ3n) is 6.69. The van der Waals surface area contributed by atoms with Gasteiger partial charge in [-0.1, -0.05) is 72.8 Å². The summed E-state index contributed by atoms with van der Waals surface area (Å²) in [4.78, 5) is 25.1. The molecule has 8 heteroatoms. The number of hydrogen-bond donors (Lipinski definition) is 2. The van der Waals surface area contributed by atoms with Crippen molar-refractivity contribution in [2.24, 2.45) is 0 Å². The van der Waals surface area contributed by atoms with E-state index in [2.05, 4.69) is 11.4 Å². The monoisotopic (exact) mass is 563 g/mol. The zero-order chi connectivity index (χ0) is 28.5. The van der Waals surface area contributed by atoms with Crippen molar-refractivity contribution >= 4 is 22.7 Å². The predicted octanol–water partition coefficient (Wildman–Crippen LogP) is 3.31. The van der Waals surface area contributed by atoms with Gasteiger partial charge in [0, 0.05) is 28.4 Å². The molecule has 2 atom stereocenters. The molecular weight excluding hydrogens is 529 g/mol. The zero-order valence-corrected chi connectivity index (χ0v) is 24.4. The summed E-state index contributed by atoms with van der Waals surface area (Å²) in [6.07, 6.45) is 3.06. The van der Waals surface area contributed by atoms with Gasteiger partial charge in [0.25, 0.3) is 5.91 Å². The number of hydrogen-bond acceptors (Lipinski definition) is 4. The van der Waals surface area contributed by atoms with E-state index < -0.39 is 28.7 Å². The molecule has 0 fully saturated rings. The van der Waals surface area contributed by atoms with Gasteiger partial charge in [0.2, 0.25) is 0 Å². The van der Waals surface area contributed by atoms with Crippen LogP contribution in [0.1, 0.15) is 34.9 Å². The first-order valence-corrected chi connectivity index (χ1v) is 14.9. The first-order valence-electron chi connectivity index (χ1n) is 13.1. The van der Waals surface area contributed by atoms with E-state index in [0.717, 1.165) is 52.2 Å². The predicted molar refractivity (Wildman–Crippen MR) is 161 cm³/mol. The maximum Gasteiger partial charge on any atom is 1.00 e. The third kappa shape index (κ3) is 8.93. The van der Waals surface area contributed by atoms with Crippen LogP contribution < -0.4 is 28.9 Å². The zero-order valence-electron chi connectivity index (χ0n) is 24.6. The smallest absolute Gasteiger partial charge is 1.00 e. The van der Waals surface area contributed by atoms with E-state index in [4.69, 9.17) is 4.74 Å². The number of carboxylic acid groups (broad SMARTS) is 1. The Balaban J connectivity index is 0.00000308. The standard InChI is InChI=1S/C33H33NO5S.Li.H/c1-23-10-6-8-14-27(23)29-22-24(17-19-28(29)32(35)34-30(33(36)37)20-21-40(2)38)16-18-25-11-7-9-15-31(25)39-26-12-4-3-5-13-26;;/h3-15,17,19,22,30H,16,18,20-21H2,1-2H3,(H,34,35)(H,36,37);;/q;+1;-1. The molecule has 0 radical (unpaired) electrons. The van der Waals surface area contributed by atoms with Crippen LogP contribution in [0.4, 0.5) is 0 Å². The van der Waals surface area contributed by atoms with Crippen molar-refractivity contribution in [2.75, 3.05) is 12.0 Å². The van der Waals surface area contributed by atoms with E-state index in [0.29, 0.717) is 5.56 Å². The van der Waals surface area contributed by atoms with Crippen LogP contribution in [0.15, 0.2) is 97.1 Å². The normalized spacial score (nSPS) is 12.0. The molecule has 0 aliphatic carbocycles. The van der Waals surface area contributed by atoms with Crippen LogP contribution in [0.3, 0.4) is 0 Å². The quantitative estimate of drug-likeness (QED) is 0.258. The van der Waals surface area contributed by atoms with Crippen molar-refractivity contribution in [3.63, 3.8) is 0 Å². The van der Waals surface area contributed by atoms with Crippen molar-refractivity contribution < 1.29 is 43.9 Å². The van der Waals surface area contributed by atoms with Crippen LogP contribution in [0.25, 0.3) is 11.1 Å². The molecule has 4 aromatic carbocycles. The minimum Gasteiger partial charge on any atom is -1.00 e. The van der Waals surface area contributed by atoms with Gasteiger partial charge in [0.15, 0.2) is 0 Å². The molecule has 0 heterocycles. The Kier molecular flexibility index (Phi) is 12.0. The van der Waals surface area contributed by atoms with Gasteiger partial charge in [-0.2, -0.15) is 0 Å². The number of carboxylic acids is 1. The molecule has 2 unspecified atom stereocenters. The number of para-hydroxylation sites is 2. The largest absolute Gasteiger partial charge is 1.00 e. The minimum atomic E-state index is -1.16. The SMILES string of the molecule is Cc1ccccc1-c1cc(CCc2ccccc2Oc2ccccc2)ccc1C(=O)NC(CCS(C)=O)C(=O)O.[H-].[Li+]. The summed E-state index contributed by atoms with van der Waals surface area (Å²) in [7, 11) is -1.16. The molecule has 0 aliphatic heterocycles. The van der Waals surface area contributed by atoms with Gasteiger partial charge in [0.1, 0.15) is 17.5 Å². The molecule has 208 valence electrons. The van der Waals surface area contributed by atoms with Gasteiger partial charge in [-0.3, -0.25) is 9.00 Å². The van der Waals surface area contributed by atoms with E-state index in [1.165, 1.54) is 6.26 Å². The van der Waals surface area contributed by atoms with Gasteiger partial charge >= 0.3 is 24.8 Å². The summed E-state index contributed by atoms with van der Waals surface area (Å²) in [6, 6.07) is 30.0. The van der Waals surface area contributed by atoms with Gasteiger partial charge in [0.05, 0.1) is 0 Å². The number of nitrogens with one attached hydrogen (secondary N) is 1. The molecule has 0 aliphatic rings. The summed E-state index contributed by atoms with van der Waals surface area (Å²) in [5, 5.41) is 12.3. The van der Waals surface area contributed by atoms with E-state index >= 15 is 0 Å². The first-order chi connectivity index (χ1) is 19.3. The molecule has 0 bridgehead atoms. The van der Waals surface area contributed by atoms with Crippen molar-refractivity contribution in [2.45, 2.75) is 32.2 Å². The van der Waals surface area contributed by atoms with Crippen LogP contribution >= 0.6 is 0 Å². The van der Waals surface area contributed by atoms with Gasteiger partial charge in [-0.15, -0.1) is 0 Å². The maximum atomic E-state index is 13.4.